The van der Waals surface area contributed by atoms with E-state index in [2.05, 4.69) is 41.4 Å². The van der Waals surface area contributed by atoms with Crippen LogP contribution in [0.5, 0.6) is 5.75 Å². The Hall–Kier alpha value is -3.76. The van der Waals surface area contributed by atoms with Gasteiger partial charge in [0.2, 0.25) is 5.82 Å². The molecule has 0 unspecified atom stereocenters. The second-order valence-corrected chi connectivity index (χ2v) is 9.91. The maximum absolute atomic E-state index is 14.8. The molecule has 4 aromatic rings. The molecule has 0 fully saturated rings. The fourth-order valence-corrected chi connectivity index (χ4v) is 5.13. The average molecular weight is 572 g/mol. The number of nitrogens with zero attached hydrogens (tertiary/aromatic N) is 4. The number of carbonyl (C=O) groups is 1. The van der Waals surface area contributed by atoms with Gasteiger partial charge in [0.05, 0.1) is 55.8 Å². The van der Waals surface area contributed by atoms with Crippen LogP contribution >= 0.6 is 11.6 Å². The van der Waals surface area contributed by atoms with Crippen molar-refractivity contribution < 1.29 is 22.8 Å². The van der Waals surface area contributed by atoms with Crippen molar-refractivity contribution in [3.05, 3.63) is 71.1 Å². The average Bonchev–Trinajstić information content (AvgIpc) is 3.40. The summed E-state index contributed by atoms with van der Waals surface area (Å²) in [4.78, 5) is 21.5. The number of halogens is 3. The van der Waals surface area contributed by atoms with Gasteiger partial charge in [0.15, 0.2) is 23.0 Å². The molecular weight excluding hydrogens is 538 g/mol. The Morgan fingerprint density at radius 3 is 2.50 bits per heavy atom. The predicted octanol–water partition coefficient (Wildman–Crippen LogP) is 6.08. The van der Waals surface area contributed by atoms with E-state index in [1.165, 1.54) is 31.6 Å². The number of carbonyl (C=O) groups excluding carboxylic acids is 1. The third-order valence-electron chi connectivity index (χ3n) is 7.55. The number of quaternary nitrogens is 1. The fraction of sp³-hybridized carbons (Fsp3) is 0.345. The summed E-state index contributed by atoms with van der Waals surface area (Å²) in [7, 11) is 1.28. The van der Waals surface area contributed by atoms with Gasteiger partial charge in [-0.15, -0.1) is 0 Å². The minimum absolute atomic E-state index is 0.0325. The molecule has 1 amide bonds. The number of ether oxygens (including phenoxy) is 1. The van der Waals surface area contributed by atoms with Crippen LogP contribution in [0.4, 0.5) is 20.3 Å². The summed E-state index contributed by atoms with van der Waals surface area (Å²) in [5, 5.41) is 6.41. The van der Waals surface area contributed by atoms with Crippen LogP contribution in [0.3, 0.4) is 0 Å². The Morgan fingerprint density at radius 1 is 1.07 bits per heavy atom. The second kappa shape index (κ2) is 12.6. The van der Waals surface area contributed by atoms with E-state index in [0.717, 1.165) is 37.1 Å². The topological polar surface area (TPSA) is 80.6 Å². The van der Waals surface area contributed by atoms with Gasteiger partial charge in [-0.25, -0.2) is 14.4 Å². The van der Waals surface area contributed by atoms with Gasteiger partial charge in [0, 0.05) is 36.6 Å². The molecule has 0 atom stereocenters. The predicted molar refractivity (Wildman–Crippen MR) is 153 cm³/mol. The zero-order valence-electron chi connectivity index (χ0n) is 23.1. The minimum atomic E-state index is -1.07. The van der Waals surface area contributed by atoms with Crippen LogP contribution in [0.25, 0.3) is 16.9 Å². The lowest BCUT2D eigenvalue weighted by Gasteiger charge is -2.35. The zero-order valence-corrected chi connectivity index (χ0v) is 23.9. The summed E-state index contributed by atoms with van der Waals surface area (Å²) in [6, 6.07) is 7.81. The number of nitrogens with one attached hydrogen (secondary N) is 2. The highest BCUT2D eigenvalue weighted by Gasteiger charge is 2.21. The van der Waals surface area contributed by atoms with Gasteiger partial charge in [-0.3, -0.25) is 9.20 Å². The molecule has 4 rings (SSSR count). The number of fused-ring (bicyclic) bond motifs is 1. The van der Waals surface area contributed by atoms with Crippen molar-refractivity contribution in [2.75, 3.05) is 45.2 Å². The van der Waals surface area contributed by atoms with Gasteiger partial charge in [-0.1, -0.05) is 11.6 Å². The first-order valence-electron chi connectivity index (χ1n) is 13.3. The molecule has 0 saturated heterocycles. The lowest BCUT2D eigenvalue weighted by atomic mass is 10.1. The molecular formula is C29H34ClF2N6O2+. The first kappa shape index (κ1) is 29.2. The number of benzene rings is 2. The molecule has 8 nitrogen and oxygen atoms in total. The molecule has 0 aliphatic carbocycles. The molecule has 0 spiro atoms. The lowest BCUT2D eigenvalue weighted by Crippen LogP contribution is -2.48. The smallest absolute Gasteiger partial charge is 0.252 e. The van der Waals surface area contributed by atoms with Crippen molar-refractivity contribution in [2.24, 2.45) is 0 Å². The highest BCUT2D eigenvalue weighted by molar-refractivity contribution is 6.34. The van der Waals surface area contributed by atoms with Crippen molar-refractivity contribution in [2.45, 2.75) is 27.2 Å². The van der Waals surface area contributed by atoms with Crippen molar-refractivity contribution in [3.63, 3.8) is 0 Å². The molecule has 40 heavy (non-hydrogen) atoms. The van der Waals surface area contributed by atoms with Gasteiger partial charge in [-0.2, -0.15) is 4.39 Å². The van der Waals surface area contributed by atoms with E-state index in [9.17, 15) is 13.6 Å². The number of hydrogen-bond acceptors (Lipinski definition) is 5. The monoisotopic (exact) mass is 571 g/mol. The Bertz CT molecular complexity index is 1500. The molecule has 0 saturated carbocycles. The molecule has 11 heteroatoms. The molecule has 2 aromatic carbocycles. The van der Waals surface area contributed by atoms with Gasteiger partial charge in [-0.05, 0) is 51.1 Å². The number of hydrogen-bond donors (Lipinski definition) is 2. The summed E-state index contributed by atoms with van der Waals surface area (Å²) in [5.74, 6) is -2.14. The Kier molecular flexibility index (Phi) is 9.21. The third-order valence-corrected chi connectivity index (χ3v) is 7.87. The quantitative estimate of drug-likeness (QED) is 0.159. The number of anilines is 2. The van der Waals surface area contributed by atoms with Crippen molar-refractivity contribution in [1.82, 2.24) is 19.7 Å². The third kappa shape index (κ3) is 5.88. The molecule has 2 heterocycles. The minimum Gasteiger partial charge on any atom is -0.494 e. The normalized spacial score (nSPS) is 11.6. The largest absolute Gasteiger partial charge is 0.494 e. The summed E-state index contributed by atoms with van der Waals surface area (Å²) in [6.07, 6.45) is 5.45. The van der Waals surface area contributed by atoms with Crippen LogP contribution < -0.4 is 15.4 Å². The van der Waals surface area contributed by atoms with E-state index < -0.39 is 11.6 Å². The van der Waals surface area contributed by atoms with E-state index in [-0.39, 0.29) is 22.2 Å². The summed E-state index contributed by atoms with van der Waals surface area (Å²) >= 11 is 6.47. The second-order valence-electron chi connectivity index (χ2n) is 9.50. The van der Waals surface area contributed by atoms with Gasteiger partial charge >= 0.3 is 0 Å². The summed E-state index contributed by atoms with van der Waals surface area (Å²) in [6.45, 7) is 11.4. The molecule has 0 radical (unpaired) electrons. The maximum atomic E-state index is 14.8. The van der Waals surface area contributed by atoms with Crippen LogP contribution in [0.2, 0.25) is 5.02 Å². The highest BCUT2D eigenvalue weighted by atomic mass is 35.5. The molecule has 0 bridgehead atoms. The SMILES string of the molecule is CC[N+](CC)(CC)CCCNC(=O)c1ccc(Nc2nccn3c(-c4ccc(OC)c(F)c4F)cnc23)cc1Cl. The van der Waals surface area contributed by atoms with Crippen molar-refractivity contribution >= 4 is 34.7 Å². The van der Waals surface area contributed by atoms with Gasteiger partial charge in [0.25, 0.3) is 5.91 Å². The Balaban J connectivity index is 1.48. The first-order valence-corrected chi connectivity index (χ1v) is 13.7. The van der Waals surface area contributed by atoms with Crippen LogP contribution in [-0.4, -0.2) is 64.6 Å². The lowest BCUT2D eigenvalue weighted by molar-refractivity contribution is -0.923. The molecule has 0 aliphatic rings. The van der Waals surface area contributed by atoms with Crippen LogP contribution in [-0.2, 0) is 0 Å². The number of rotatable bonds is 12. The van der Waals surface area contributed by atoms with Crippen LogP contribution in [0.1, 0.15) is 37.6 Å². The van der Waals surface area contributed by atoms with E-state index in [1.807, 2.05) is 0 Å². The molecule has 2 N–H and O–H groups in total. The summed E-state index contributed by atoms with van der Waals surface area (Å²) in [5.41, 5.74) is 1.74. The van der Waals surface area contributed by atoms with Crippen LogP contribution in [0.15, 0.2) is 48.9 Å². The molecule has 2 aromatic heterocycles. The van der Waals surface area contributed by atoms with Crippen molar-refractivity contribution in [3.8, 4) is 17.0 Å². The van der Waals surface area contributed by atoms with E-state index in [0.29, 0.717) is 35.0 Å². The zero-order chi connectivity index (χ0) is 28.9. The molecule has 212 valence electrons. The number of aromatic nitrogens is 3. The van der Waals surface area contributed by atoms with Crippen molar-refractivity contribution in [1.29, 1.82) is 0 Å². The van der Waals surface area contributed by atoms with E-state index in [4.69, 9.17) is 16.3 Å². The van der Waals surface area contributed by atoms with Crippen LogP contribution in [0, 0.1) is 11.6 Å². The number of amides is 1. The molecule has 0 aliphatic heterocycles. The Morgan fingerprint density at radius 2 is 1.82 bits per heavy atom. The highest BCUT2D eigenvalue weighted by Crippen LogP contribution is 2.32. The van der Waals surface area contributed by atoms with Gasteiger partial charge < -0.3 is 19.9 Å². The number of methoxy groups -OCH3 is 1. The van der Waals surface area contributed by atoms with Gasteiger partial charge in [0.1, 0.15) is 0 Å². The number of imidazole rings is 1. The Labute approximate surface area is 237 Å². The summed E-state index contributed by atoms with van der Waals surface area (Å²) < 4.78 is 36.6. The maximum Gasteiger partial charge on any atom is 0.252 e. The van der Waals surface area contributed by atoms with E-state index >= 15 is 0 Å². The first-order chi connectivity index (χ1) is 19.3. The standard InChI is InChI=1S/C29H33ClF2N6O2/c1-5-38(6-2,7-3)16-8-13-34-29(39)20-10-9-19(17-22(20)30)36-27-28-35-18-23(37(28)15-14-33-27)21-11-12-24(40-4)26(32)25(21)31/h9-12,14-15,17-18H,5-8,13,16H2,1-4H3,(H-,33,34,36,39)/p+1. The fourth-order valence-electron chi connectivity index (χ4n) is 4.86. The van der Waals surface area contributed by atoms with E-state index in [1.54, 1.807) is 28.8 Å².